The highest BCUT2D eigenvalue weighted by Crippen LogP contribution is 2.33. The quantitative estimate of drug-likeness (QED) is 0.339. The number of nitrogens with zero attached hydrogens (tertiary/aromatic N) is 1. The Bertz CT molecular complexity index is 409. The smallest absolute Gasteiger partial charge is 0.210 e. The average Bonchev–Trinajstić information content (AvgIpc) is 2.20. The Kier molecular flexibility index (Phi) is 5.33. The molecule has 0 heterocycles. The van der Waals surface area contributed by atoms with Crippen LogP contribution in [0.5, 0.6) is 0 Å². The molecule has 1 aromatic carbocycles. The second-order valence-electron chi connectivity index (χ2n) is 3.59. The van der Waals surface area contributed by atoms with Crippen LogP contribution in [0.4, 0.5) is 5.69 Å². The summed E-state index contributed by atoms with van der Waals surface area (Å²) in [5, 5.41) is 4.18. The summed E-state index contributed by atoms with van der Waals surface area (Å²) in [4.78, 5) is 4.21. The van der Waals surface area contributed by atoms with E-state index in [1.807, 2.05) is 13.8 Å². The lowest BCUT2D eigenvalue weighted by molar-refractivity contribution is 0.819. The molecule has 0 spiro atoms. The largest absolute Gasteiger partial charge is 0.323 e. The molecule has 1 aromatic rings. The molecule has 0 aromatic heterocycles. The third-order valence-corrected chi connectivity index (χ3v) is 2.59. The highest BCUT2D eigenvalue weighted by molar-refractivity contribution is 6.42. The van der Waals surface area contributed by atoms with Gasteiger partial charge in [-0.15, -0.1) is 0 Å². The Labute approximate surface area is 115 Å². The molecule has 4 N–H and O–H groups in total. The number of hydrazine groups is 1. The summed E-state index contributed by atoms with van der Waals surface area (Å²) in [6.07, 6.45) is 0. The Morgan fingerprint density at radius 3 is 2.18 bits per heavy atom. The van der Waals surface area contributed by atoms with Gasteiger partial charge in [0, 0.05) is 11.1 Å². The molecule has 0 aliphatic rings. The minimum atomic E-state index is 0.0819. The van der Waals surface area contributed by atoms with E-state index in [2.05, 4.69) is 15.7 Å². The highest BCUT2D eigenvalue weighted by Gasteiger charge is 2.09. The minimum Gasteiger partial charge on any atom is -0.323 e. The third-order valence-electron chi connectivity index (χ3n) is 1.77. The van der Waals surface area contributed by atoms with Crippen LogP contribution in [0, 0.1) is 0 Å². The zero-order chi connectivity index (χ0) is 13.0. The predicted molar refractivity (Wildman–Crippen MR) is 75.0 cm³/mol. The minimum absolute atomic E-state index is 0.0819. The lowest BCUT2D eigenvalue weighted by Gasteiger charge is -2.13. The highest BCUT2D eigenvalue weighted by atomic mass is 35.5. The Morgan fingerprint density at radius 1 is 1.24 bits per heavy atom. The fraction of sp³-hybridized carbons (Fsp3) is 0.300. The molecular weight excluding hydrogens is 282 g/mol. The van der Waals surface area contributed by atoms with Crippen molar-refractivity contribution < 1.29 is 0 Å². The van der Waals surface area contributed by atoms with Gasteiger partial charge in [0.1, 0.15) is 0 Å². The molecule has 0 unspecified atom stereocenters. The van der Waals surface area contributed by atoms with Crippen molar-refractivity contribution in [3.05, 3.63) is 27.2 Å². The Morgan fingerprint density at radius 2 is 1.76 bits per heavy atom. The van der Waals surface area contributed by atoms with E-state index in [-0.39, 0.29) is 6.04 Å². The molecule has 94 valence electrons. The average molecular weight is 296 g/mol. The summed E-state index contributed by atoms with van der Waals surface area (Å²) < 4.78 is 0. The standard InChI is InChI=1S/C10H13Cl3N4/c1-5(2)15-10(17-14)16-9-7(12)3-6(11)4-8(9)13/h3-5H,14H2,1-2H3,(H2,15,16,17). The molecule has 0 atom stereocenters. The van der Waals surface area contributed by atoms with Crippen molar-refractivity contribution in [3.8, 4) is 0 Å². The number of hydrogen-bond acceptors (Lipinski definition) is 2. The normalized spacial score (nSPS) is 11.8. The number of hydrogen-bond donors (Lipinski definition) is 3. The molecule has 0 saturated carbocycles. The first-order valence-corrected chi connectivity index (χ1v) is 6.03. The van der Waals surface area contributed by atoms with Crippen LogP contribution in [0.15, 0.2) is 17.1 Å². The predicted octanol–water partition coefficient (Wildman–Crippen LogP) is 3.29. The van der Waals surface area contributed by atoms with Gasteiger partial charge in [0.05, 0.1) is 15.7 Å². The monoisotopic (exact) mass is 294 g/mol. The first kappa shape index (κ1) is 14.4. The molecule has 1 rings (SSSR count). The number of aliphatic imine (C=N–C) groups is 1. The van der Waals surface area contributed by atoms with Crippen LogP contribution in [0.1, 0.15) is 13.8 Å². The van der Waals surface area contributed by atoms with Crippen molar-refractivity contribution in [1.82, 2.24) is 5.43 Å². The van der Waals surface area contributed by atoms with Crippen LogP contribution in [0.3, 0.4) is 0 Å². The maximum Gasteiger partial charge on any atom is 0.210 e. The maximum atomic E-state index is 6.02. The van der Waals surface area contributed by atoms with Crippen molar-refractivity contribution in [1.29, 1.82) is 0 Å². The molecule has 17 heavy (non-hydrogen) atoms. The summed E-state index contributed by atoms with van der Waals surface area (Å²) >= 11 is 17.8. The van der Waals surface area contributed by atoms with E-state index >= 15 is 0 Å². The molecule has 0 saturated heterocycles. The summed E-state index contributed by atoms with van der Waals surface area (Å²) in [6.45, 7) is 3.84. The fourth-order valence-electron chi connectivity index (χ4n) is 1.14. The zero-order valence-corrected chi connectivity index (χ0v) is 11.7. The van der Waals surface area contributed by atoms with E-state index in [4.69, 9.17) is 40.6 Å². The van der Waals surface area contributed by atoms with E-state index in [9.17, 15) is 0 Å². The SMILES string of the molecule is CC(C)N=C(NN)Nc1c(Cl)cc(Cl)cc1Cl. The third kappa shape index (κ3) is 4.24. The number of guanidine groups is 1. The molecule has 0 radical (unpaired) electrons. The van der Waals surface area contributed by atoms with Crippen molar-refractivity contribution >= 4 is 46.4 Å². The molecule has 4 nitrogen and oxygen atoms in total. The summed E-state index contributed by atoms with van der Waals surface area (Å²) in [7, 11) is 0. The molecule has 0 fully saturated rings. The molecule has 0 aliphatic carbocycles. The van der Waals surface area contributed by atoms with Crippen LogP contribution in [0.2, 0.25) is 15.1 Å². The van der Waals surface area contributed by atoms with E-state index < -0.39 is 0 Å². The summed E-state index contributed by atoms with van der Waals surface area (Å²) in [5.74, 6) is 5.72. The number of rotatable bonds is 2. The van der Waals surface area contributed by atoms with Crippen LogP contribution in [0.25, 0.3) is 0 Å². The number of anilines is 1. The van der Waals surface area contributed by atoms with Gasteiger partial charge in [0.15, 0.2) is 0 Å². The molecule has 0 bridgehead atoms. The van der Waals surface area contributed by atoms with Gasteiger partial charge in [-0.25, -0.2) is 10.8 Å². The molecule has 0 amide bonds. The fourth-order valence-corrected chi connectivity index (χ4v) is 2.06. The lowest BCUT2D eigenvalue weighted by Crippen LogP contribution is -2.37. The maximum absolute atomic E-state index is 6.02. The zero-order valence-electron chi connectivity index (χ0n) is 9.39. The van der Waals surface area contributed by atoms with Crippen LogP contribution in [-0.2, 0) is 0 Å². The lowest BCUT2D eigenvalue weighted by atomic mass is 10.3. The first-order chi connectivity index (χ1) is 7.93. The van der Waals surface area contributed by atoms with E-state index in [1.54, 1.807) is 12.1 Å². The Hall–Kier alpha value is -0.680. The number of nitrogens with two attached hydrogens (primary N) is 1. The Balaban J connectivity index is 3.02. The van der Waals surface area contributed by atoms with Crippen molar-refractivity contribution in [2.45, 2.75) is 19.9 Å². The van der Waals surface area contributed by atoms with Gasteiger partial charge in [0.2, 0.25) is 5.96 Å². The van der Waals surface area contributed by atoms with Crippen LogP contribution < -0.4 is 16.6 Å². The number of halogens is 3. The van der Waals surface area contributed by atoms with E-state index in [1.165, 1.54) is 0 Å². The topological polar surface area (TPSA) is 62.4 Å². The van der Waals surface area contributed by atoms with Crippen molar-refractivity contribution in [2.24, 2.45) is 10.8 Å². The van der Waals surface area contributed by atoms with Gasteiger partial charge in [-0.2, -0.15) is 0 Å². The summed E-state index contributed by atoms with van der Waals surface area (Å²) in [5.41, 5.74) is 2.95. The molecule has 7 heteroatoms. The van der Waals surface area contributed by atoms with Gasteiger partial charge in [-0.1, -0.05) is 34.8 Å². The summed E-state index contributed by atoms with van der Waals surface area (Å²) in [6, 6.07) is 3.25. The van der Waals surface area contributed by atoms with Crippen LogP contribution >= 0.6 is 34.8 Å². The van der Waals surface area contributed by atoms with Gasteiger partial charge in [-0.3, -0.25) is 5.43 Å². The van der Waals surface area contributed by atoms with Gasteiger partial charge < -0.3 is 5.32 Å². The van der Waals surface area contributed by atoms with E-state index in [0.29, 0.717) is 26.7 Å². The van der Waals surface area contributed by atoms with Crippen molar-refractivity contribution in [3.63, 3.8) is 0 Å². The number of benzene rings is 1. The van der Waals surface area contributed by atoms with Gasteiger partial charge in [-0.05, 0) is 26.0 Å². The second-order valence-corrected chi connectivity index (χ2v) is 4.84. The number of nitrogens with one attached hydrogen (secondary N) is 2. The van der Waals surface area contributed by atoms with Crippen molar-refractivity contribution in [2.75, 3.05) is 5.32 Å². The second kappa shape index (κ2) is 6.31. The van der Waals surface area contributed by atoms with E-state index in [0.717, 1.165) is 0 Å². The van der Waals surface area contributed by atoms with Gasteiger partial charge >= 0.3 is 0 Å². The van der Waals surface area contributed by atoms with Gasteiger partial charge in [0.25, 0.3) is 0 Å². The first-order valence-electron chi connectivity index (χ1n) is 4.90. The van der Waals surface area contributed by atoms with Crippen LogP contribution in [-0.4, -0.2) is 12.0 Å². The molecule has 0 aliphatic heterocycles. The molecular formula is C10H13Cl3N4.